The molecule has 0 saturated heterocycles. The van der Waals surface area contributed by atoms with Gasteiger partial charge >= 0.3 is 0 Å². The molecule has 0 radical (unpaired) electrons. The lowest BCUT2D eigenvalue weighted by Gasteiger charge is -2.16. The second kappa shape index (κ2) is 5.03. The maximum Gasteiger partial charge on any atom is 0.246 e. The molecule has 1 aliphatic rings. The fraction of sp³-hybridized carbons (Fsp3) is 0.364. The van der Waals surface area contributed by atoms with Gasteiger partial charge in [-0.15, -0.1) is 0 Å². The lowest BCUT2D eigenvalue weighted by atomic mass is 10.3. The van der Waals surface area contributed by atoms with E-state index in [1.54, 1.807) is 0 Å². The van der Waals surface area contributed by atoms with Crippen molar-refractivity contribution in [2.24, 2.45) is 5.16 Å². The summed E-state index contributed by atoms with van der Waals surface area (Å²) in [5.41, 5.74) is 0.636. The summed E-state index contributed by atoms with van der Waals surface area (Å²) >= 11 is 0. The van der Waals surface area contributed by atoms with E-state index in [1.165, 1.54) is 25.2 Å². The van der Waals surface area contributed by atoms with E-state index in [0.29, 0.717) is 18.7 Å². The van der Waals surface area contributed by atoms with Crippen LogP contribution in [0.2, 0.25) is 0 Å². The molecule has 5 nitrogen and oxygen atoms in total. The zero-order valence-corrected chi connectivity index (χ0v) is 10.7. The van der Waals surface area contributed by atoms with Crippen molar-refractivity contribution < 1.29 is 17.6 Å². The number of nitrogens with zero attached hydrogens (tertiary/aromatic N) is 2. The largest absolute Gasteiger partial charge is 0.395 e. The van der Waals surface area contributed by atoms with Crippen LogP contribution in [0.15, 0.2) is 34.3 Å². The van der Waals surface area contributed by atoms with Crippen LogP contribution in [0, 0.1) is 5.82 Å². The van der Waals surface area contributed by atoms with E-state index in [4.69, 9.17) is 4.84 Å². The maximum absolute atomic E-state index is 13.5. The van der Waals surface area contributed by atoms with Crippen molar-refractivity contribution in [1.82, 2.24) is 4.31 Å². The van der Waals surface area contributed by atoms with Crippen LogP contribution in [0.1, 0.15) is 6.42 Å². The minimum atomic E-state index is -3.84. The molecule has 0 aromatic heterocycles. The molecule has 98 valence electrons. The smallest absolute Gasteiger partial charge is 0.246 e. The maximum atomic E-state index is 13.5. The molecule has 18 heavy (non-hydrogen) atoms. The van der Waals surface area contributed by atoms with Gasteiger partial charge in [0, 0.05) is 13.5 Å². The molecule has 0 unspecified atom stereocenters. The van der Waals surface area contributed by atoms with Gasteiger partial charge in [-0.25, -0.2) is 12.8 Å². The van der Waals surface area contributed by atoms with Gasteiger partial charge < -0.3 is 4.84 Å². The molecule has 0 saturated carbocycles. The van der Waals surface area contributed by atoms with E-state index in [-0.39, 0.29) is 11.4 Å². The van der Waals surface area contributed by atoms with E-state index in [1.807, 2.05) is 0 Å². The predicted molar refractivity (Wildman–Crippen MR) is 64.2 cm³/mol. The van der Waals surface area contributed by atoms with Crippen molar-refractivity contribution in [1.29, 1.82) is 0 Å². The van der Waals surface area contributed by atoms with Crippen molar-refractivity contribution in [2.75, 3.05) is 20.2 Å². The number of halogens is 1. The molecule has 1 aromatic carbocycles. The monoisotopic (exact) mass is 272 g/mol. The highest BCUT2D eigenvalue weighted by molar-refractivity contribution is 7.89. The lowest BCUT2D eigenvalue weighted by molar-refractivity contribution is 0.173. The Morgan fingerprint density at radius 2 is 2.17 bits per heavy atom. The number of hydrogen-bond donors (Lipinski definition) is 0. The molecule has 0 fully saturated rings. The van der Waals surface area contributed by atoms with Crippen molar-refractivity contribution in [3.8, 4) is 0 Å². The van der Waals surface area contributed by atoms with Crippen LogP contribution < -0.4 is 0 Å². The third kappa shape index (κ3) is 2.51. The van der Waals surface area contributed by atoms with Crippen LogP contribution in [0.4, 0.5) is 4.39 Å². The molecule has 0 N–H and O–H groups in total. The fourth-order valence-corrected chi connectivity index (χ4v) is 2.84. The average Bonchev–Trinajstić information content (AvgIpc) is 2.82. The number of oxime groups is 1. The zero-order valence-electron chi connectivity index (χ0n) is 9.84. The molecule has 0 aliphatic carbocycles. The first-order chi connectivity index (χ1) is 8.51. The minimum absolute atomic E-state index is 0.108. The first-order valence-electron chi connectivity index (χ1n) is 5.40. The number of hydrogen-bond acceptors (Lipinski definition) is 4. The van der Waals surface area contributed by atoms with Gasteiger partial charge in [0.1, 0.15) is 17.3 Å². The Hall–Kier alpha value is -1.47. The van der Waals surface area contributed by atoms with Gasteiger partial charge in [0.2, 0.25) is 10.0 Å². The van der Waals surface area contributed by atoms with E-state index in [9.17, 15) is 12.8 Å². The molecule has 0 amide bonds. The highest BCUT2D eigenvalue weighted by Crippen LogP contribution is 2.18. The third-order valence-corrected chi connectivity index (χ3v) is 4.44. The van der Waals surface area contributed by atoms with Crippen molar-refractivity contribution in [3.05, 3.63) is 30.1 Å². The minimum Gasteiger partial charge on any atom is -0.395 e. The standard InChI is InChI=1S/C11H13FN2O3S/c1-14(8-9-6-7-17-13-9)18(15,16)11-5-3-2-4-10(11)12/h2-5H,6-8H2,1H3. The topological polar surface area (TPSA) is 59.0 Å². The first kappa shape index (κ1) is 13.0. The Bertz CT molecular complexity index is 571. The summed E-state index contributed by atoms with van der Waals surface area (Å²) in [6.07, 6.45) is 0.594. The summed E-state index contributed by atoms with van der Waals surface area (Å²) in [6, 6.07) is 5.30. The second-order valence-corrected chi connectivity index (χ2v) is 5.95. The van der Waals surface area contributed by atoms with Crippen molar-refractivity contribution in [2.45, 2.75) is 11.3 Å². The van der Waals surface area contributed by atoms with E-state index in [2.05, 4.69) is 5.16 Å². The van der Waals surface area contributed by atoms with Gasteiger partial charge in [-0.05, 0) is 12.1 Å². The molecule has 2 rings (SSSR count). The zero-order chi connectivity index (χ0) is 13.2. The Morgan fingerprint density at radius 1 is 1.44 bits per heavy atom. The van der Waals surface area contributed by atoms with Crippen LogP contribution in [0.5, 0.6) is 0 Å². The Labute approximate surface area is 105 Å². The quantitative estimate of drug-likeness (QED) is 0.828. The van der Waals surface area contributed by atoms with Crippen LogP contribution in [-0.4, -0.2) is 38.6 Å². The second-order valence-electron chi connectivity index (χ2n) is 3.93. The fourth-order valence-electron chi connectivity index (χ4n) is 1.62. The van der Waals surface area contributed by atoms with Gasteiger partial charge in [-0.2, -0.15) is 4.31 Å². The van der Waals surface area contributed by atoms with Crippen LogP contribution in [0.3, 0.4) is 0 Å². The first-order valence-corrected chi connectivity index (χ1v) is 6.84. The summed E-state index contributed by atoms with van der Waals surface area (Å²) in [6.45, 7) is 0.569. The summed E-state index contributed by atoms with van der Waals surface area (Å²) in [7, 11) is -2.44. The highest BCUT2D eigenvalue weighted by atomic mass is 32.2. The Morgan fingerprint density at radius 3 is 2.78 bits per heavy atom. The summed E-state index contributed by atoms with van der Waals surface area (Å²) < 4.78 is 38.8. The molecular weight excluding hydrogens is 259 g/mol. The van der Waals surface area contributed by atoms with E-state index < -0.39 is 15.8 Å². The molecule has 0 atom stereocenters. The van der Waals surface area contributed by atoms with Gasteiger partial charge in [0.25, 0.3) is 0 Å². The number of benzene rings is 1. The third-order valence-electron chi connectivity index (χ3n) is 2.61. The molecule has 1 heterocycles. The van der Waals surface area contributed by atoms with Crippen molar-refractivity contribution >= 4 is 15.7 Å². The van der Waals surface area contributed by atoms with Crippen LogP contribution >= 0.6 is 0 Å². The summed E-state index contributed by atoms with van der Waals surface area (Å²) in [4.78, 5) is 4.47. The molecule has 0 bridgehead atoms. The van der Waals surface area contributed by atoms with E-state index in [0.717, 1.165) is 10.4 Å². The SMILES string of the molecule is CN(CC1=NOCC1)S(=O)(=O)c1ccccc1F. The van der Waals surface area contributed by atoms with Gasteiger partial charge in [0.05, 0.1) is 12.3 Å². The summed E-state index contributed by atoms with van der Waals surface area (Å²) in [5, 5.41) is 3.72. The molecule has 0 spiro atoms. The predicted octanol–water partition coefficient (Wildman–Crippen LogP) is 1.22. The average molecular weight is 272 g/mol. The lowest BCUT2D eigenvalue weighted by Crippen LogP contribution is -2.32. The van der Waals surface area contributed by atoms with E-state index >= 15 is 0 Å². The van der Waals surface area contributed by atoms with Gasteiger partial charge in [0.15, 0.2) is 0 Å². The highest BCUT2D eigenvalue weighted by Gasteiger charge is 2.25. The van der Waals surface area contributed by atoms with Gasteiger partial charge in [-0.1, -0.05) is 17.3 Å². The number of sulfonamides is 1. The van der Waals surface area contributed by atoms with Crippen LogP contribution in [0.25, 0.3) is 0 Å². The molecule has 7 heteroatoms. The Balaban J connectivity index is 2.23. The van der Waals surface area contributed by atoms with Crippen molar-refractivity contribution in [3.63, 3.8) is 0 Å². The number of rotatable bonds is 4. The molecule has 1 aromatic rings. The summed E-state index contributed by atoms with van der Waals surface area (Å²) in [5.74, 6) is -0.756. The molecular formula is C11H13FN2O3S. The Kier molecular flexibility index (Phi) is 3.63. The van der Waals surface area contributed by atoms with Crippen LogP contribution in [-0.2, 0) is 14.9 Å². The normalized spacial score (nSPS) is 15.6. The van der Waals surface area contributed by atoms with Gasteiger partial charge in [-0.3, -0.25) is 0 Å². The molecule has 1 aliphatic heterocycles.